The van der Waals surface area contributed by atoms with Gasteiger partial charge < -0.3 is 10.6 Å². The van der Waals surface area contributed by atoms with Crippen molar-refractivity contribution in [3.63, 3.8) is 0 Å². The summed E-state index contributed by atoms with van der Waals surface area (Å²) in [7, 11) is 0. The molecule has 0 unspecified atom stereocenters. The number of thioether (sulfide) groups is 1. The molecular weight excluding hydrogens is 248 g/mol. The summed E-state index contributed by atoms with van der Waals surface area (Å²) < 4.78 is 0. The topological polar surface area (TPSA) is 86.5 Å². The summed E-state index contributed by atoms with van der Waals surface area (Å²) in [6.45, 7) is 6.95. The van der Waals surface area contributed by atoms with Gasteiger partial charge in [0.25, 0.3) is 0 Å². The van der Waals surface area contributed by atoms with E-state index >= 15 is 0 Å². The van der Waals surface area contributed by atoms with E-state index in [1.807, 2.05) is 27.0 Å². The standard InChI is InChI=1S/C11H18N6S/c1-5-13-8-15-9(17-10(16-8)18-4)14-7-11(2,3)6-12/h5,7H2,1-4H3,(H2,13,14,15,16,17). The summed E-state index contributed by atoms with van der Waals surface area (Å²) in [5, 5.41) is 15.7. The van der Waals surface area contributed by atoms with Crippen LogP contribution in [0.2, 0.25) is 0 Å². The van der Waals surface area contributed by atoms with Crippen LogP contribution >= 0.6 is 11.8 Å². The molecule has 0 aliphatic heterocycles. The largest absolute Gasteiger partial charge is 0.354 e. The zero-order valence-corrected chi connectivity index (χ0v) is 11.9. The van der Waals surface area contributed by atoms with E-state index in [1.54, 1.807) is 0 Å². The van der Waals surface area contributed by atoms with Crippen molar-refractivity contribution in [2.75, 3.05) is 30.0 Å². The van der Waals surface area contributed by atoms with Crippen LogP contribution in [0.4, 0.5) is 11.9 Å². The van der Waals surface area contributed by atoms with Gasteiger partial charge in [-0.1, -0.05) is 11.8 Å². The van der Waals surface area contributed by atoms with E-state index < -0.39 is 5.41 Å². The van der Waals surface area contributed by atoms with E-state index in [0.717, 1.165) is 6.54 Å². The molecule has 1 aromatic rings. The molecule has 0 radical (unpaired) electrons. The molecular formula is C11H18N6S. The van der Waals surface area contributed by atoms with Gasteiger partial charge in [0.15, 0.2) is 5.16 Å². The zero-order chi connectivity index (χ0) is 13.6. The first kappa shape index (κ1) is 14.5. The molecule has 0 saturated heterocycles. The number of hydrogen-bond donors (Lipinski definition) is 2. The van der Waals surface area contributed by atoms with Crippen LogP contribution < -0.4 is 10.6 Å². The summed E-state index contributed by atoms with van der Waals surface area (Å²) in [6, 6.07) is 2.23. The zero-order valence-electron chi connectivity index (χ0n) is 11.1. The smallest absolute Gasteiger partial charge is 0.228 e. The predicted octanol–water partition coefficient (Wildman–Crippen LogP) is 1.99. The van der Waals surface area contributed by atoms with Gasteiger partial charge in [-0.3, -0.25) is 0 Å². The van der Waals surface area contributed by atoms with Crippen molar-refractivity contribution < 1.29 is 0 Å². The van der Waals surface area contributed by atoms with Crippen LogP contribution in [-0.2, 0) is 0 Å². The number of rotatable bonds is 6. The number of nitriles is 1. The number of aromatic nitrogens is 3. The maximum absolute atomic E-state index is 8.95. The molecule has 2 N–H and O–H groups in total. The summed E-state index contributed by atoms with van der Waals surface area (Å²) in [4.78, 5) is 12.7. The second-order valence-corrected chi connectivity index (χ2v) is 5.12. The first-order chi connectivity index (χ1) is 8.50. The van der Waals surface area contributed by atoms with Gasteiger partial charge in [0.2, 0.25) is 11.9 Å². The van der Waals surface area contributed by atoms with Gasteiger partial charge in [0.1, 0.15) is 0 Å². The van der Waals surface area contributed by atoms with Crippen LogP contribution in [0.1, 0.15) is 20.8 Å². The second kappa shape index (κ2) is 6.40. The summed E-state index contributed by atoms with van der Waals surface area (Å²) >= 11 is 1.45. The fourth-order valence-electron chi connectivity index (χ4n) is 1.10. The van der Waals surface area contributed by atoms with Gasteiger partial charge in [-0.2, -0.15) is 20.2 Å². The molecule has 0 saturated carbocycles. The fraction of sp³-hybridized carbons (Fsp3) is 0.636. The van der Waals surface area contributed by atoms with Crippen molar-refractivity contribution in [3.05, 3.63) is 0 Å². The molecule has 0 fully saturated rings. The van der Waals surface area contributed by atoms with Crippen LogP contribution in [0.15, 0.2) is 5.16 Å². The Morgan fingerprint density at radius 3 is 2.33 bits per heavy atom. The first-order valence-electron chi connectivity index (χ1n) is 5.70. The van der Waals surface area contributed by atoms with Crippen LogP contribution in [-0.4, -0.2) is 34.3 Å². The molecule has 1 heterocycles. The van der Waals surface area contributed by atoms with Crippen molar-refractivity contribution in [1.29, 1.82) is 5.26 Å². The van der Waals surface area contributed by atoms with E-state index in [-0.39, 0.29) is 0 Å². The molecule has 98 valence electrons. The van der Waals surface area contributed by atoms with E-state index in [9.17, 15) is 0 Å². The highest BCUT2D eigenvalue weighted by Gasteiger charge is 2.17. The molecule has 1 aromatic heterocycles. The lowest BCUT2D eigenvalue weighted by atomic mass is 9.96. The summed E-state index contributed by atoms with van der Waals surface area (Å²) in [5.41, 5.74) is -0.454. The molecule has 0 amide bonds. The number of nitrogens with zero attached hydrogens (tertiary/aromatic N) is 4. The minimum Gasteiger partial charge on any atom is -0.354 e. The molecule has 1 rings (SSSR count). The Hall–Kier alpha value is -1.55. The minimum atomic E-state index is -0.454. The van der Waals surface area contributed by atoms with Crippen LogP contribution in [0, 0.1) is 16.7 Å². The molecule has 0 aromatic carbocycles. The van der Waals surface area contributed by atoms with E-state index in [0.29, 0.717) is 23.6 Å². The summed E-state index contributed by atoms with van der Waals surface area (Å²) in [5.74, 6) is 1.04. The van der Waals surface area contributed by atoms with Gasteiger partial charge >= 0.3 is 0 Å². The predicted molar refractivity (Wildman–Crippen MR) is 73.7 cm³/mol. The Morgan fingerprint density at radius 2 is 1.83 bits per heavy atom. The van der Waals surface area contributed by atoms with Crippen molar-refractivity contribution >= 4 is 23.7 Å². The highest BCUT2D eigenvalue weighted by atomic mass is 32.2. The van der Waals surface area contributed by atoms with Crippen molar-refractivity contribution in [1.82, 2.24) is 15.0 Å². The van der Waals surface area contributed by atoms with Crippen LogP contribution in [0.25, 0.3) is 0 Å². The lowest BCUT2D eigenvalue weighted by Gasteiger charge is -2.16. The quantitative estimate of drug-likeness (QED) is 0.761. The Balaban J connectivity index is 2.82. The highest BCUT2D eigenvalue weighted by molar-refractivity contribution is 7.98. The second-order valence-electron chi connectivity index (χ2n) is 4.35. The Morgan fingerprint density at radius 1 is 1.22 bits per heavy atom. The third-order valence-electron chi connectivity index (χ3n) is 2.12. The van der Waals surface area contributed by atoms with Gasteiger partial charge in [-0.25, -0.2) is 0 Å². The third-order valence-corrected chi connectivity index (χ3v) is 2.67. The first-order valence-corrected chi connectivity index (χ1v) is 6.92. The molecule has 6 nitrogen and oxygen atoms in total. The fourth-order valence-corrected chi connectivity index (χ4v) is 1.46. The average molecular weight is 266 g/mol. The Kier molecular flexibility index (Phi) is 5.16. The normalized spacial score (nSPS) is 10.8. The van der Waals surface area contributed by atoms with E-state index in [2.05, 4.69) is 31.7 Å². The van der Waals surface area contributed by atoms with Gasteiger partial charge in [0, 0.05) is 13.1 Å². The molecule has 18 heavy (non-hydrogen) atoms. The minimum absolute atomic E-state index is 0.454. The van der Waals surface area contributed by atoms with Gasteiger partial charge in [-0.15, -0.1) is 0 Å². The lowest BCUT2D eigenvalue weighted by molar-refractivity contribution is 0.526. The molecule has 0 spiro atoms. The number of anilines is 2. The molecule has 0 atom stereocenters. The molecule has 0 bridgehead atoms. The lowest BCUT2D eigenvalue weighted by Crippen LogP contribution is -2.22. The highest BCUT2D eigenvalue weighted by Crippen LogP contribution is 2.16. The van der Waals surface area contributed by atoms with Crippen molar-refractivity contribution in [3.8, 4) is 6.07 Å². The van der Waals surface area contributed by atoms with Crippen LogP contribution in [0.3, 0.4) is 0 Å². The molecule has 0 aliphatic carbocycles. The van der Waals surface area contributed by atoms with Crippen molar-refractivity contribution in [2.45, 2.75) is 25.9 Å². The molecule has 7 heteroatoms. The van der Waals surface area contributed by atoms with Gasteiger partial charge in [0.05, 0.1) is 11.5 Å². The number of hydrogen-bond acceptors (Lipinski definition) is 7. The SMILES string of the molecule is CCNc1nc(NCC(C)(C)C#N)nc(SC)n1. The van der Waals surface area contributed by atoms with Crippen LogP contribution in [0.5, 0.6) is 0 Å². The molecule has 0 aliphatic rings. The Labute approximate surface area is 112 Å². The van der Waals surface area contributed by atoms with Crippen molar-refractivity contribution in [2.24, 2.45) is 5.41 Å². The maximum atomic E-state index is 8.95. The van der Waals surface area contributed by atoms with E-state index in [4.69, 9.17) is 5.26 Å². The average Bonchev–Trinajstić information content (AvgIpc) is 2.37. The third kappa shape index (κ3) is 4.37. The Bertz CT molecular complexity index is 440. The van der Waals surface area contributed by atoms with Gasteiger partial charge in [-0.05, 0) is 27.0 Å². The number of nitrogens with one attached hydrogen (secondary N) is 2. The van der Waals surface area contributed by atoms with E-state index in [1.165, 1.54) is 11.8 Å². The monoisotopic (exact) mass is 266 g/mol. The summed E-state index contributed by atoms with van der Waals surface area (Å²) in [6.07, 6.45) is 1.91. The maximum Gasteiger partial charge on any atom is 0.228 e.